The van der Waals surface area contributed by atoms with E-state index in [1.807, 2.05) is 4.68 Å². The summed E-state index contributed by atoms with van der Waals surface area (Å²) in [5.74, 6) is 1.44. The second-order valence-electron chi connectivity index (χ2n) is 7.67. The van der Waals surface area contributed by atoms with Crippen LogP contribution in [0.5, 0.6) is 0 Å². The molecule has 0 aliphatic carbocycles. The number of rotatable bonds is 5. The predicted octanol–water partition coefficient (Wildman–Crippen LogP) is 4.07. The Morgan fingerprint density at radius 1 is 1.33 bits per heavy atom. The van der Waals surface area contributed by atoms with E-state index in [-0.39, 0.29) is 6.04 Å². The van der Waals surface area contributed by atoms with Gasteiger partial charge in [0.2, 0.25) is 0 Å². The van der Waals surface area contributed by atoms with Crippen LogP contribution in [0.15, 0.2) is 6.33 Å². The van der Waals surface area contributed by atoms with Crippen LogP contribution in [0.4, 0.5) is 5.82 Å². The molecular weight excluding hydrogens is 362 g/mol. The third-order valence-electron chi connectivity index (χ3n) is 5.26. The fraction of sp³-hybridized carbons (Fsp3) is 0.579. The molecule has 0 bridgehead atoms. The van der Waals surface area contributed by atoms with E-state index in [2.05, 4.69) is 52.8 Å². The monoisotopic (exact) mass is 387 g/mol. The highest BCUT2D eigenvalue weighted by Gasteiger charge is 2.34. The number of nitrogens with zero attached hydrogens (tertiary/aromatic N) is 6. The smallest absolute Gasteiger partial charge is 0.186 e. The minimum absolute atomic E-state index is 0.177. The number of fused-ring (bicyclic) bond motifs is 1. The van der Waals surface area contributed by atoms with Gasteiger partial charge in [0, 0.05) is 24.3 Å². The van der Waals surface area contributed by atoms with Crippen molar-refractivity contribution in [3.8, 4) is 0 Å². The van der Waals surface area contributed by atoms with Crippen LogP contribution in [-0.4, -0.2) is 36.5 Å². The van der Waals surface area contributed by atoms with Crippen LogP contribution >= 0.6 is 11.6 Å². The lowest BCUT2D eigenvalue weighted by Gasteiger charge is -2.26. The van der Waals surface area contributed by atoms with E-state index in [4.69, 9.17) is 16.7 Å². The topological polar surface area (TPSA) is 75.5 Å². The predicted molar refractivity (Wildman–Crippen MR) is 107 cm³/mol. The molecule has 4 heterocycles. The number of aromatic nitrogens is 6. The number of halogens is 1. The molecule has 7 nitrogen and oxygen atoms in total. The van der Waals surface area contributed by atoms with Gasteiger partial charge in [-0.1, -0.05) is 32.4 Å². The number of nitrogens with one attached hydrogen (secondary N) is 1. The van der Waals surface area contributed by atoms with Gasteiger partial charge in [0.25, 0.3) is 0 Å². The summed E-state index contributed by atoms with van der Waals surface area (Å²) in [4.78, 5) is 11.3. The van der Waals surface area contributed by atoms with Crippen LogP contribution in [0.3, 0.4) is 0 Å². The summed E-state index contributed by atoms with van der Waals surface area (Å²) in [5.41, 5.74) is 3.93. The third kappa shape index (κ3) is 3.08. The highest BCUT2D eigenvalue weighted by Crippen LogP contribution is 2.42. The van der Waals surface area contributed by atoms with Crippen molar-refractivity contribution in [2.75, 3.05) is 11.4 Å². The third-order valence-corrected chi connectivity index (χ3v) is 5.66. The minimum Gasteiger partial charge on any atom is -0.349 e. The van der Waals surface area contributed by atoms with Crippen molar-refractivity contribution in [1.82, 2.24) is 29.9 Å². The standard InChI is InChI=1S/C19H26ClN7/c1-5-13-16-18(24-23-13)21-10-22-19(16)26-8-6-7-14(26)15-12(4)25-27(17(15)20)9-11(2)3/h10-11,14H,5-9H2,1-4H3,(H,21,22,23,24). The average Bonchev–Trinajstić information content (AvgIpc) is 3.32. The van der Waals surface area contributed by atoms with E-state index < -0.39 is 0 Å². The molecule has 1 unspecified atom stereocenters. The van der Waals surface area contributed by atoms with Gasteiger partial charge < -0.3 is 4.90 Å². The molecule has 1 aliphatic heterocycles. The zero-order valence-electron chi connectivity index (χ0n) is 16.3. The highest BCUT2D eigenvalue weighted by atomic mass is 35.5. The molecule has 0 saturated carbocycles. The largest absolute Gasteiger partial charge is 0.349 e. The molecule has 0 aromatic carbocycles. The van der Waals surface area contributed by atoms with E-state index in [0.29, 0.717) is 5.92 Å². The van der Waals surface area contributed by atoms with Crippen molar-refractivity contribution in [3.63, 3.8) is 0 Å². The molecule has 1 atom stereocenters. The molecule has 1 saturated heterocycles. The van der Waals surface area contributed by atoms with Crippen LogP contribution in [0.1, 0.15) is 56.6 Å². The van der Waals surface area contributed by atoms with Crippen molar-refractivity contribution >= 4 is 28.5 Å². The first-order valence-electron chi connectivity index (χ1n) is 9.68. The zero-order valence-corrected chi connectivity index (χ0v) is 17.1. The second-order valence-corrected chi connectivity index (χ2v) is 8.03. The van der Waals surface area contributed by atoms with Crippen LogP contribution < -0.4 is 4.90 Å². The van der Waals surface area contributed by atoms with Crippen molar-refractivity contribution < 1.29 is 0 Å². The van der Waals surface area contributed by atoms with Crippen LogP contribution in [0, 0.1) is 12.8 Å². The normalized spacial score (nSPS) is 17.6. The maximum Gasteiger partial charge on any atom is 0.186 e. The lowest BCUT2D eigenvalue weighted by Crippen LogP contribution is -2.24. The van der Waals surface area contributed by atoms with Crippen molar-refractivity contribution in [2.24, 2.45) is 5.92 Å². The number of aromatic amines is 1. The summed E-state index contributed by atoms with van der Waals surface area (Å²) in [6.45, 7) is 10.3. The number of H-pyrrole nitrogens is 1. The fourth-order valence-corrected chi connectivity index (χ4v) is 4.47. The summed E-state index contributed by atoms with van der Waals surface area (Å²) in [5, 5.41) is 13.9. The number of anilines is 1. The molecule has 4 rings (SSSR count). The molecule has 144 valence electrons. The Hall–Kier alpha value is -2.15. The Morgan fingerprint density at radius 2 is 2.15 bits per heavy atom. The lowest BCUT2D eigenvalue weighted by molar-refractivity contribution is 0.481. The SMILES string of the molecule is CCc1[nH]nc2ncnc(N3CCCC3c3c(C)nn(CC(C)C)c3Cl)c12. The molecule has 0 spiro atoms. The molecule has 8 heteroatoms. The van der Waals surface area contributed by atoms with Crippen molar-refractivity contribution in [2.45, 2.75) is 59.5 Å². The minimum atomic E-state index is 0.177. The molecule has 27 heavy (non-hydrogen) atoms. The van der Waals surface area contributed by atoms with Gasteiger partial charge in [0.05, 0.1) is 17.1 Å². The first kappa shape index (κ1) is 18.2. The van der Waals surface area contributed by atoms with Gasteiger partial charge in [0.1, 0.15) is 17.3 Å². The Labute approximate surface area is 164 Å². The molecule has 3 aromatic heterocycles. The van der Waals surface area contributed by atoms with Crippen LogP contribution in [-0.2, 0) is 13.0 Å². The first-order chi connectivity index (χ1) is 13.0. The van der Waals surface area contributed by atoms with Crippen molar-refractivity contribution in [1.29, 1.82) is 0 Å². The molecule has 0 radical (unpaired) electrons. The van der Waals surface area contributed by atoms with Gasteiger partial charge in [-0.2, -0.15) is 10.2 Å². The van der Waals surface area contributed by atoms with Gasteiger partial charge in [-0.3, -0.25) is 9.78 Å². The summed E-state index contributed by atoms with van der Waals surface area (Å²) >= 11 is 6.78. The maximum atomic E-state index is 6.78. The van der Waals surface area contributed by atoms with E-state index >= 15 is 0 Å². The molecule has 0 amide bonds. The van der Waals surface area contributed by atoms with Gasteiger partial charge in [-0.15, -0.1) is 0 Å². The number of aryl methyl sites for hydroxylation is 2. The zero-order chi connectivity index (χ0) is 19.1. The van der Waals surface area contributed by atoms with Crippen LogP contribution in [0.2, 0.25) is 5.15 Å². The maximum absolute atomic E-state index is 6.78. The first-order valence-corrected chi connectivity index (χ1v) is 10.1. The fourth-order valence-electron chi connectivity index (χ4n) is 4.10. The Morgan fingerprint density at radius 3 is 2.89 bits per heavy atom. The van der Waals surface area contributed by atoms with Gasteiger partial charge >= 0.3 is 0 Å². The second kappa shape index (κ2) is 7.11. The van der Waals surface area contributed by atoms with E-state index in [1.165, 1.54) is 0 Å². The molecule has 1 fully saturated rings. The number of hydrogen-bond donors (Lipinski definition) is 1. The van der Waals surface area contributed by atoms with E-state index in [0.717, 1.165) is 71.3 Å². The summed E-state index contributed by atoms with van der Waals surface area (Å²) in [6, 6.07) is 0.177. The molecular formula is C19H26ClN7. The average molecular weight is 388 g/mol. The number of hydrogen-bond acceptors (Lipinski definition) is 5. The summed E-state index contributed by atoms with van der Waals surface area (Å²) in [7, 11) is 0. The van der Waals surface area contributed by atoms with Crippen molar-refractivity contribution in [3.05, 3.63) is 28.4 Å². The van der Waals surface area contributed by atoms with E-state index in [9.17, 15) is 0 Å². The molecule has 1 N–H and O–H groups in total. The summed E-state index contributed by atoms with van der Waals surface area (Å²) in [6.07, 6.45) is 4.60. The molecule has 1 aliphatic rings. The summed E-state index contributed by atoms with van der Waals surface area (Å²) < 4.78 is 1.94. The van der Waals surface area contributed by atoms with Gasteiger partial charge in [-0.25, -0.2) is 9.97 Å². The lowest BCUT2D eigenvalue weighted by atomic mass is 10.1. The molecule has 3 aromatic rings. The highest BCUT2D eigenvalue weighted by molar-refractivity contribution is 6.30. The quantitative estimate of drug-likeness (QED) is 0.714. The Kier molecular flexibility index (Phi) is 4.80. The Balaban J connectivity index is 1.79. The van der Waals surface area contributed by atoms with Gasteiger partial charge in [0.15, 0.2) is 5.65 Å². The van der Waals surface area contributed by atoms with Gasteiger partial charge in [-0.05, 0) is 32.1 Å². The van der Waals surface area contributed by atoms with E-state index in [1.54, 1.807) is 6.33 Å². The Bertz CT molecular complexity index is 959. The van der Waals surface area contributed by atoms with Crippen LogP contribution in [0.25, 0.3) is 11.0 Å².